The standard InChI is InChI=1S/C8H15NO2/c10-7-5-9-4-2-1-3-6(9)8(7)11/h6-8,10-11H,1-5H2/t6-,7-,8+/m1/s1. The summed E-state index contributed by atoms with van der Waals surface area (Å²) < 4.78 is 0. The van der Waals surface area contributed by atoms with E-state index in [1.807, 2.05) is 0 Å². The van der Waals surface area contributed by atoms with Crippen molar-refractivity contribution in [2.75, 3.05) is 13.1 Å². The second kappa shape index (κ2) is 2.73. The molecule has 0 aliphatic carbocycles. The summed E-state index contributed by atoms with van der Waals surface area (Å²) >= 11 is 0. The Labute approximate surface area is 66.6 Å². The summed E-state index contributed by atoms with van der Waals surface area (Å²) in [6.07, 6.45) is 2.48. The van der Waals surface area contributed by atoms with Crippen molar-refractivity contribution in [1.29, 1.82) is 0 Å². The summed E-state index contributed by atoms with van der Waals surface area (Å²) in [4.78, 5) is 2.21. The molecular formula is C8H15NO2. The Hall–Kier alpha value is -0.120. The number of hydrogen-bond donors (Lipinski definition) is 2. The van der Waals surface area contributed by atoms with E-state index in [1.54, 1.807) is 0 Å². The summed E-state index contributed by atoms with van der Waals surface area (Å²) in [5, 5.41) is 18.8. The van der Waals surface area contributed by atoms with Crippen LogP contribution in [0.4, 0.5) is 0 Å². The molecule has 0 bridgehead atoms. The molecule has 0 spiro atoms. The van der Waals surface area contributed by atoms with Crippen LogP contribution in [0.3, 0.4) is 0 Å². The lowest BCUT2D eigenvalue weighted by Crippen LogP contribution is -2.39. The maximum absolute atomic E-state index is 9.50. The van der Waals surface area contributed by atoms with Crippen molar-refractivity contribution in [2.45, 2.75) is 37.5 Å². The van der Waals surface area contributed by atoms with Gasteiger partial charge in [-0.3, -0.25) is 4.90 Å². The van der Waals surface area contributed by atoms with Crippen molar-refractivity contribution in [3.05, 3.63) is 0 Å². The van der Waals surface area contributed by atoms with E-state index < -0.39 is 12.2 Å². The van der Waals surface area contributed by atoms with Gasteiger partial charge in [-0.1, -0.05) is 6.42 Å². The molecule has 2 fully saturated rings. The quantitative estimate of drug-likeness (QED) is 0.502. The molecular weight excluding hydrogens is 142 g/mol. The van der Waals surface area contributed by atoms with Gasteiger partial charge >= 0.3 is 0 Å². The smallest absolute Gasteiger partial charge is 0.0966 e. The molecule has 0 unspecified atom stereocenters. The van der Waals surface area contributed by atoms with Gasteiger partial charge in [0, 0.05) is 12.6 Å². The third kappa shape index (κ3) is 1.17. The van der Waals surface area contributed by atoms with Crippen molar-refractivity contribution >= 4 is 0 Å². The fourth-order valence-electron chi connectivity index (χ4n) is 2.23. The molecule has 3 atom stereocenters. The molecule has 2 aliphatic heterocycles. The van der Waals surface area contributed by atoms with Crippen LogP contribution in [-0.2, 0) is 0 Å². The van der Waals surface area contributed by atoms with Gasteiger partial charge < -0.3 is 10.2 Å². The molecule has 2 heterocycles. The fourth-order valence-corrected chi connectivity index (χ4v) is 2.23. The third-order valence-electron chi connectivity index (χ3n) is 2.87. The average molecular weight is 157 g/mol. The molecule has 2 rings (SSSR count). The molecule has 11 heavy (non-hydrogen) atoms. The van der Waals surface area contributed by atoms with E-state index in [4.69, 9.17) is 0 Å². The second-order valence-corrected chi connectivity index (χ2v) is 3.62. The SMILES string of the molecule is O[C@@H]1[C@H](O)CN2CCCC[C@H]12. The Morgan fingerprint density at radius 3 is 2.73 bits per heavy atom. The van der Waals surface area contributed by atoms with Crippen LogP contribution in [0.1, 0.15) is 19.3 Å². The fraction of sp³-hybridized carbons (Fsp3) is 1.00. The van der Waals surface area contributed by atoms with E-state index in [9.17, 15) is 10.2 Å². The zero-order chi connectivity index (χ0) is 7.84. The largest absolute Gasteiger partial charge is 0.389 e. The monoisotopic (exact) mass is 157 g/mol. The normalized spacial score (nSPS) is 45.8. The first-order valence-corrected chi connectivity index (χ1v) is 4.39. The Morgan fingerprint density at radius 1 is 1.18 bits per heavy atom. The van der Waals surface area contributed by atoms with E-state index in [0.717, 1.165) is 13.0 Å². The van der Waals surface area contributed by atoms with E-state index in [1.165, 1.54) is 12.8 Å². The van der Waals surface area contributed by atoms with Gasteiger partial charge in [-0.2, -0.15) is 0 Å². The first-order valence-electron chi connectivity index (χ1n) is 4.39. The summed E-state index contributed by atoms with van der Waals surface area (Å²) in [5.41, 5.74) is 0. The number of aliphatic hydroxyl groups excluding tert-OH is 2. The van der Waals surface area contributed by atoms with Gasteiger partial charge in [0.05, 0.1) is 12.2 Å². The molecule has 3 heteroatoms. The van der Waals surface area contributed by atoms with Crippen molar-refractivity contribution in [3.63, 3.8) is 0 Å². The number of rotatable bonds is 0. The second-order valence-electron chi connectivity index (χ2n) is 3.62. The topological polar surface area (TPSA) is 43.7 Å². The number of nitrogens with zero attached hydrogens (tertiary/aromatic N) is 1. The van der Waals surface area contributed by atoms with Crippen LogP contribution in [0.15, 0.2) is 0 Å². The van der Waals surface area contributed by atoms with Crippen LogP contribution < -0.4 is 0 Å². The highest BCUT2D eigenvalue weighted by Crippen LogP contribution is 2.26. The minimum absolute atomic E-state index is 0.249. The molecule has 0 aromatic rings. The van der Waals surface area contributed by atoms with Crippen LogP contribution in [0.25, 0.3) is 0 Å². The molecule has 0 amide bonds. The van der Waals surface area contributed by atoms with Crippen molar-refractivity contribution < 1.29 is 10.2 Å². The van der Waals surface area contributed by atoms with Gasteiger partial charge in [0.1, 0.15) is 0 Å². The summed E-state index contributed by atoms with van der Waals surface area (Å²) in [6, 6.07) is 0.249. The Kier molecular flexibility index (Phi) is 1.87. The van der Waals surface area contributed by atoms with Gasteiger partial charge in [-0.05, 0) is 19.4 Å². The van der Waals surface area contributed by atoms with E-state index in [-0.39, 0.29) is 6.04 Å². The number of hydrogen-bond acceptors (Lipinski definition) is 3. The molecule has 0 aromatic carbocycles. The lowest BCUT2D eigenvalue weighted by molar-refractivity contribution is 0.0318. The van der Waals surface area contributed by atoms with Crippen LogP contribution in [0.5, 0.6) is 0 Å². The molecule has 0 radical (unpaired) electrons. The Morgan fingerprint density at radius 2 is 2.00 bits per heavy atom. The molecule has 64 valence electrons. The summed E-state index contributed by atoms with van der Waals surface area (Å²) in [6.45, 7) is 1.73. The predicted octanol–water partition coefficient (Wildman–Crippen LogP) is -0.424. The molecule has 2 saturated heterocycles. The molecule has 3 nitrogen and oxygen atoms in total. The van der Waals surface area contributed by atoms with Gasteiger partial charge in [-0.15, -0.1) is 0 Å². The first-order chi connectivity index (χ1) is 5.29. The molecule has 0 aromatic heterocycles. The van der Waals surface area contributed by atoms with Crippen LogP contribution in [0, 0.1) is 0 Å². The minimum atomic E-state index is -0.502. The van der Waals surface area contributed by atoms with Crippen LogP contribution >= 0.6 is 0 Å². The highest BCUT2D eigenvalue weighted by molar-refractivity contribution is 4.94. The average Bonchev–Trinajstić information content (AvgIpc) is 2.30. The number of fused-ring (bicyclic) bond motifs is 1. The minimum Gasteiger partial charge on any atom is -0.389 e. The number of piperidine rings is 1. The maximum atomic E-state index is 9.50. The Balaban J connectivity index is 2.05. The zero-order valence-corrected chi connectivity index (χ0v) is 6.61. The molecule has 2 aliphatic rings. The third-order valence-corrected chi connectivity index (χ3v) is 2.87. The van der Waals surface area contributed by atoms with Crippen LogP contribution in [-0.4, -0.2) is 46.5 Å². The molecule has 2 N–H and O–H groups in total. The lowest BCUT2D eigenvalue weighted by atomic mass is 10.0. The van der Waals surface area contributed by atoms with E-state index >= 15 is 0 Å². The van der Waals surface area contributed by atoms with Crippen molar-refractivity contribution in [3.8, 4) is 0 Å². The summed E-state index contributed by atoms with van der Waals surface area (Å²) in [7, 11) is 0. The zero-order valence-electron chi connectivity index (χ0n) is 6.61. The summed E-state index contributed by atoms with van der Waals surface area (Å²) in [5.74, 6) is 0. The van der Waals surface area contributed by atoms with Crippen molar-refractivity contribution in [2.24, 2.45) is 0 Å². The molecule has 0 saturated carbocycles. The van der Waals surface area contributed by atoms with Crippen molar-refractivity contribution in [1.82, 2.24) is 4.90 Å². The predicted molar refractivity (Wildman–Crippen MR) is 41.2 cm³/mol. The van der Waals surface area contributed by atoms with E-state index in [0.29, 0.717) is 6.54 Å². The van der Waals surface area contributed by atoms with Crippen LogP contribution in [0.2, 0.25) is 0 Å². The van der Waals surface area contributed by atoms with Gasteiger partial charge in [0.2, 0.25) is 0 Å². The number of aliphatic hydroxyl groups is 2. The van der Waals surface area contributed by atoms with Gasteiger partial charge in [0.15, 0.2) is 0 Å². The Bertz CT molecular complexity index is 151. The highest BCUT2D eigenvalue weighted by Gasteiger charge is 2.40. The van der Waals surface area contributed by atoms with E-state index in [2.05, 4.69) is 4.90 Å². The van der Waals surface area contributed by atoms with Gasteiger partial charge in [0.25, 0.3) is 0 Å². The lowest BCUT2D eigenvalue weighted by Gasteiger charge is -2.29. The maximum Gasteiger partial charge on any atom is 0.0966 e. The first kappa shape index (κ1) is 7.53. The van der Waals surface area contributed by atoms with Gasteiger partial charge in [-0.25, -0.2) is 0 Å². The highest BCUT2D eigenvalue weighted by atomic mass is 16.3.